The first-order chi connectivity index (χ1) is 15.7. The van der Waals surface area contributed by atoms with Crippen LogP contribution in [0.5, 0.6) is 0 Å². The highest BCUT2D eigenvalue weighted by atomic mass is 16.5. The molecular formula is C23H42N8O. The Balaban J connectivity index is 1.32. The number of hydrogen-bond donors (Lipinski definition) is 2. The average molecular weight is 447 g/mol. The molecule has 1 aromatic heterocycles. The van der Waals surface area contributed by atoms with Crippen LogP contribution in [-0.4, -0.2) is 111 Å². The Morgan fingerprint density at radius 3 is 2.44 bits per heavy atom. The van der Waals surface area contributed by atoms with Crippen molar-refractivity contribution in [3.05, 3.63) is 18.5 Å². The Hall–Kier alpha value is -1.97. The maximum Gasteiger partial charge on any atom is 0.225 e. The summed E-state index contributed by atoms with van der Waals surface area (Å²) in [5.74, 6) is 2.42. The van der Waals surface area contributed by atoms with E-state index in [0.29, 0.717) is 12.0 Å². The van der Waals surface area contributed by atoms with E-state index in [4.69, 9.17) is 4.74 Å². The molecule has 0 bridgehead atoms. The fourth-order valence-electron chi connectivity index (χ4n) is 4.42. The van der Waals surface area contributed by atoms with Gasteiger partial charge in [0, 0.05) is 77.8 Å². The molecular weight excluding hydrogens is 404 g/mol. The lowest BCUT2D eigenvalue weighted by Crippen LogP contribution is -2.51. The third-order valence-corrected chi connectivity index (χ3v) is 6.19. The standard InChI is InChI=1S/C23H42N8O/c1-20(2)18-21(30-14-16-32-17-15-30)19-28-22(24-3)25-8-5-9-29-10-12-31(13-11-29)23-26-6-4-7-27-23/h4,6-7,20-21H,5,8-19H2,1-3H3,(H2,24,25,28). The van der Waals surface area contributed by atoms with Crippen LogP contribution in [0.25, 0.3) is 0 Å². The molecule has 1 unspecified atom stereocenters. The Labute approximate surface area is 193 Å². The van der Waals surface area contributed by atoms with Gasteiger partial charge in [0.25, 0.3) is 0 Å². The number of morpholine rings is 1. The number of piperazine rings is 1. The minimum absolute atomic E-state index is 0.516. The molecule has 1 atom stereocenters. The van der Waals surface area contributed by atoms with Crippen molar-refractivity contribution in [1.29, 1.82) is 0 Å². The summed E-state index contributed by atoms with van der Waals surface area (Å²) in [5.41, 5.74) is 0. The molecule has 180 valence electrons. The van der Waals surface area contributed by atoms with E-state index >= 15 is 0 Å². The summed E-state index contributed by atoms with van der Waals surface area (Å²) in [7, 11) is 1.85. The highest BCUT2D eigenvalue weighted by Crippen LogP contribution is 2.13. The van der Waals surface area contributed by atoms with Gasteiger partial charge in [-0.15, -0.1) is 0 Å². The van der Waals surface area contributed by atoms with E-state index in [0.717, 1.165) is 90.4 Å². The fraction of sp³-hybridized carbons (Fsp3) is 0.783. The van der Waals surface area contributed by atoms with Crippen LogP contribution in [0.3, 0.4) is 0 Å². The largest absolute Gasteiger partial charge is 0.379 e. The lowest BCUT2D eigenvalue weighted by molar-refractivity contribution is 0.0132. The zero-order valence-corrected chi connectivity index (χ0v) is 20.2. The van der Waals surface area contributed by atoms with Crippen LogP contribution >= 0.6 is 0 Å². The van der Waals surface area contributed by atoms with Crippen molar-refractivity contribution < 1.29 is 4.74 Å². The Morgan fingerprint density at radius 1 is 1.06 bits per heavy atom. The number of anilines is 1. The van der Waals surface area contributed by atoms with Crippen LogP contribution in [-0.2, 0) is 4.74 Å². The minimum atomic E-state index is 0.516. The zero-order chi connectivity index (χ0) is 22.6. The first kappa shape index (κ1) is 24.7. The number of rotatable bonds is 10. The van der Waals surface area contributed by atoms with Gasteiger partial charge in [0.2, 0.25) is 5.95 Å². The number of hydrogen-bond acceptors (Lipinski definition) is 7. The van der Waals surface area contributed by atoms with Crippen molar-refractivity contribution in [2.75, 3.05) is 84.1 Å². The summed E-state index contributed by atoms with van der Waals surface area (Å²) < 4.78 is 5.53. The van der Waals surface area contributed by atoms with Gasteiger partial charge < -0.3 is 20.3 Å². The Morgan fingerprint density at radius 2 is 1.78 bits per heavy atom. The van der Waals surface area contributed by atoms with E-state index in [1.54, 1.807) is 0 Å². The second-order valence-corrected chi connectivity index (χ2v) is 9.04. The number of aliphatic imine (C=N–C) groups is 1. The van der Waals surface area contributed by atoms with Gasteiger partial charge in [-0.1, -0.05) is 13.8 Å². The molecule has 3 heterocycles. The molecule has 0 aromatic carbocycles. The molecule has 2 fully saturated rings. The van der Waals surface area contributed by atoms with Crippen LogP contribution in [0.15, 0.2) is 23.5 Å². The first-order valence-electron chi connectivity index (χ1n) is 12.2. The number of ether oxygens (including phenoxy) is 1. The van der Waals surface area contributed by atoms with Crippen molar-refractivity contribution in [1.82, 2.24) is 30.4 Å². The lowest BCUT2D eigenvalue weighted by atomic mass is 10.0. The van der Waals surface area contributed by atoms with Gasteiger partial charge in [-0.2, -0.15) is 0 Å². The SMILES string of the molecule is CN=C(NCCCN1CCN(c2ncccn2)CC1)NCC(CC(C)C)N1CCOCC1. The van der Waals surface area contributed by atoms with Gasteiger partial charge in [-0.25, -0.2) is 9.97 Å². The van der Waals surface area contributed by atoms with Crippen LogP contribution in [0.2, 0.25) is 0 Å². The molecule has 32 heavy (non-hydrogen) atoms. The molecule has 0 saturated carbocycles. The lowest BCUT2D eigenvalue weighted by Gasteiger charge is -2.36. The molecule has 9 heteroatoms. The summed E-state index contributed by atoms with van der Waals surface area (Å²) in [6.07, 6.45) is 5.91. The van der Waals surface area contributed by atoms with Gasteiger partial charge in [-0.3, -0.25) is 14.8 Å². The normalized spacial score (nSPS) is 19.9. The van der Waals surface area contributed by atoms with Crippen LogP contribution < -0.4 is 15.5 Å². The summed E-state index contributed by atoms with van der Waals surface area (Å²) in [6, 6.07) is 2.38. The van der Waals surface area contributed by atoms with Crippen molar-refractivity contribution in [2.24, 2.45) is 10.9 Å². The summed E-state index contributed by atoms with van der Waals surface area (Å²) in [5, 5.41) is 7.05. The second kappa shape index (κ2) is 13.5. The Kier molecular flexibility index (Phi) is 10.4. The molecule has 0 amide bonds. The van der Waals surface area contributed by atoms with Crippen molar-refractivity contribution in [3.63, 3.8) is 0 Å². The summed E-state index contributed by atoms with van der Waals surface area (Å²) in [6.45, 7) is 15.3. The number of guanidine groups is 1. The van der Waals surface area contributed by atoms with Crippen LogP contribution in [0.4, 0.5) is 5.95 Å². The fourth-order valence-corrected chi connectivity index (χ4v) is 4.42. The maximum atomic E-state index is 5.53. The third kappa shape index (κ3) is 8.18. The quantitative estimate of drug-likeness (QED) is 0.312. The number of aromatic nitrogens is 2. The molecule has 0 radical (unpaired) electrons. The highest BCUT2D eigenvalue weighted by Gasteiger charge is 2.22. The smallest absolute Gasteiger partial charge is 0.225 e. The molecule has 3 rings (SSSR count). The van der Waals surface area contributed by atoms with Crippen molar-refractivity contribution in [2.45, 2.75) is 32.7 Å². The molecule has 2 N–H and O–H groups in total. The monoisotopic (exact) mass is 446 g/mol. The topological polar surface area (TPSA) is 81.2 Å². The predicted octanol–water partition coefficient (Wildman–Crippen LogP) is 0.901. The maximum absolute atomic E-state index is 5.53. The molecule has 2 aliphatic rings. The van der Waals surface area contributed by atoms with E-state index in [2.05, 4.69) is 54.1 Å². The molecule has 0 spiro atoms. The zero-order valence-electron chi connectivity index (χ0n) is 20.2. The van der Waals surface area contributed by atoms with E-state index in [1.165, 1.54) is 6.42 Å². The van der Waals surface area contributed by atoms with E-state index in [1.807, 2.05) is 25.5 Å². The molecule has 9 nitrogen and oxygen atoms in total. The van der Waals surface area contributed by atoms with Gasteiger partial charge in [0.1, 0.15) is 0 Å². The van der Waals surface area contributed by atoms with Crippen molar-refractivity contribution >= 4 is 11.9 Å². The minimum Gasteiger partial charge on any atom is -0.379 e. The summed E-state index contributed by atoms with van der Waals surface area (Å²) in [4.78, 5) is 20.5. The highest BCUT2D eigenvalue weighted by molar-refractivity contribution is 5.79. The van der Waals surface area contributed by atoms with Gasteiger partial charge in [-0.05, 0) is 31.4 Å². The van der Waals surface area contributed by atoms with Crippen molar-refractivity contribution in [3.8, 4) is 0 Å². The van der Waals surface area contributed by atoms with Crippen LogP contribution in [0, 0.1) is 5.92 Å². The van der Waals surface area contributed by atoms with E-state index < -0.39 is 0 Å². The molecule has 1 aromatic rings. The van der Waals surface area contributed by atoms with E-state index in [9.17, 15) is 0 Å². The first-order valence-corrected chi connectivity index (χ1v) is 12.2. The third-order valence-electron chi connectivity index (χ3n) is 6.19. The molecule has 2 saturated heterocycles. The number of nitrogens with zero attached hydrogens (tertiary/aromatic N) is 6. The molecule has 0 aliphatic carbocycles. The van der Waals surface area contributed by atoms with Gasteiger partial charge in [0.15, 0.2) is 5.96 Å². The Bertz CT molecular complexity index is 657. The van der Waals surface area contributed by atoms with Crippen LogP contribution in [0.1, 0.15) is 26.7 Å². The van der Waals surface area contributed by atoms with Gasteiger partial charge >= 0.3 is 0 Å². The summed E-state index contributed by atoms with van der Waals surface area (Å²) >= 11 is 0. The van der Waals surface area contributed by atoms with E-state index in [-0.39, 0.29) is 0 Å². The molecule has 2 aliphatic heterocycles. The second-order valence-electron chi connectivity index (χ2n) is 9.04. The number of nitrogens with one attached hydrogen (secondary N) is 2. The van der Waals surface area contributed by atoms with Gasteiger partial charge in [0.05, 0.1) is 13.2 Å². The predicted molar refractivity (Wildman–Crippen MR) is 130 cm³/mol. The average Bonchev–Trinajstić information content (AvgIpc) is 2.84.